The van der Waals surface area contributed by atoms with E-state index < -0.39 is 5.91 Å². The first-order valence-corrected chi connectivity index (χ1v) is 6.70. The Bertz CT molecular complexity index is 669. The first-order valence-electron chi connectivity index (χ1n) is 5.57. The van der Waals surface area contributed by atoms with E-state index in [1.165, 1.54) is 12.1 Å². The van der Waals surface area contributed by atoms with Gasteiger partial charge in [-0.25, -0.2) is 4.98 Å². The highest BCUT2D eigenvalue weighted by atomic mass is 35.5. The molecule has 1 amide bonds. The van der Waals surface area contributed by atoms with Crippen LogP contribution in [0.4, 0.5) is 11.5 Å². The van der Waals surface area contributed by atoms with Gasteiger partial charge in [0.05, 0.1) is 10.7 Å². The van der Waals surface area contributed by atoms with Crippen LogP contribution in [0.25, 0.3) is 0 Å². The first-order chi connectivity index (χ1) is 9.36. The molecule has 0 atom stereocenters. The van der Waals surface area contributed by atoms with Crippen molar-refractivity contribution in [1.29, 1.82) is 0 Å². The van der Waals surface area contributed by atoms with Gasteiger partial charge in [0, 0.05) is 10.6 Å². The minimum Gasteiger partial charge on any atom is -0.384 e. The Labute approximate surface area is 130 Å². The normalized spacial score (nSPS) is 10.4. The van der Waals surface area contributed by atoms with E-state index in [-0.39, 0.29) is 16.5 Å². The molecule has 4 nitrogen and oxygen atoms in total. The molecular weight excluding hydrogens is 321 g/mol. The third kappa shape index (κ3) is 3.33. The van der Waals surface area contributed by atoms with Crippen LogP contribution < -0.4 is 11.1 Å². The predicted molar refractivity (Wildman–Crippen MR) is 82.8 cm³/mol. The lowest BCUT2D eigenvalue weighted by molar-refractivity contribution is 0.102. The summed E-state index contributed by atoms with van der Waals surface area (Å²) in [7, 11) is 0. The van der Waals surface area contributed by atoms with Crippen LogP contribution in [0, 0.1) is 6.92 Å². The van der Waals surface area contributed by atoms with E-state index in [2.05, 4.69) is 10.3 Å². The van der Waals surface area contributed by atoms with Gasteiger partial charge in [-0.3, -0.25) is 4.79 Å². The Morgan fingerprint density at radius 2 is 1.85 bits per heavy atom. The molecule has 0 aliphatic heterocycles. The number of benzene rings is 1. The van der Waals surface area contributed by atoms with Crippen molar-refractivity contribution in [3.05, 3.63) is 50.6 Å². The minimum absolute atomic E-state index is 0.142. The standard InChI is InChI=1S/C13H10Cl3N3O/c1-6-2-9(15)10(5-8(6)14)18-13(20)7-3-11(16)19-12(17)4-7/h2-5H,1H3,(H2,17,19)(H,18,20). The molecule has 0 aliphatic rings. The highest BCUT2D eigenvalue weighted by Crippen LogP contribution is 2.29. The molecule has 0 aliphatic carbocycles. The average molecular weight is 331 g/mol. The Morgan fingerprint density at radius 3 is 2.50 bits per heavy atom. The number of halogens is 3. The molecule has 0 fully saturated rings. The fourth-order valence-electron chi connectivity index (χ4n) is 1.58. The van der Waals surface area contributed by atoms with Crippen molar-refractivity contribution in [2.24, 2.45) is 0 Å². The third-order valence-corrected chi connectivity index (χ3v) is 3.49. The van der Waals surface area contributed by atoms with Crippen LogP contribution in [-0.2, 0) is 0 Å². The highest BCUT2D eigenvalue weighted by molar-refractivity contribution is 6.36. The number of nitrogen functional groups attached to an aromatic ring is 1. The van der Waals surface area contributed by atoms with Gasteiger partial charge in [-0.2, -0.15) is 0 Å². The molecule has 0 radical (unpaired) electrons. The molecule has 7 heteroatoms. The summed E-state index contributed by atoms with van der Waals surface area (Å²) in [5.41, 5.74) is 7.07. The largest absolute Gasteiger partial charge is 0.384 e. The molecule has 2 rings (SSSR count). The fourth-order valence-corrected chi connectivity index (χ4v) is 2.23. The number of amides is 1. The van der Waals surface area contributed by atoms with E-state index in [9.17, 15) is 4.79 Å². The van der Waals surface area contributed by atoms with Crippen molar-refractivity contribution in [2.75, 3.05) is 11.1 Å². The summed E-state index contributed by atoms with van der Waals surface area (Å²) in [4.78, 5) is 15.9. The number of hydrogen-bond donors (Lipinski definition) is 2. The van der Waals surface area contributed by atoms with Crippen LogP contribution in [0.15, 0.2) is 24.3 Å². The quantitative estimate of drug-likeness (QED) is 0.811. The van der Waals surface area contributed by atoms with E-state index in [0.29, 0.717) is 15.7 Å². The Hall–Kier alpha value is -1.49. The summed E-state index contributed by atoms with van der Waals surface area (Å²) in [6.07, 6.45) is 0. The lowest BCUT2D eigenvalue weighted by atomic mass is 10.2. The number of nitrogens with one attached hydrogen (secondary N) is 1. The molecule has 0 saturated heterocycles. The number of aromatic nitrogens is 1. The zero-order valence-corrected chi connectivity index (χ0v) is 12.6. The Kier molecular flexibility index (Phi) is 4.38. The average Bonchev–Trinajstić information content (AvgIpc) is 2.34. The molecule has 0 spiro atoms. The maximum atomic E-state index is 12.1. The fraction of sp³-hybridized carbons (Fsp3) is 0.0769. The van der Waals surface area contributed by atoms with E-state index >= 15 is 0 Å². The molecule has 1 aromatic heterocycles. The highest BCUT2D eigenvalue weighted by Gasteiger charge is 2.12. The van der Waals surface area contributed by atoms with Crippen LogP contribution in [0.2, 0.25) is 15.2 Å². The molecule has 1 heterocycles. The van der Waals surface area contributed by atoms with Gasteiger partial charge in [-0.05, 0) is 36.8 Å². The number of carbonyl (C=O) groups excluding carboxylic acids is 1. The van der Waals surface area contributed by atoms with Gasteiger partial charge in [0.25, 0.3) is 5.91 Å². The van der Waals surface area contributed by atoms with E-state index in [1.807, 2.05) is 6.92 Å². The monoisotopic (exact) mass is 329 g/mol. The molecule has 20 heavy (non-hydrogen) atoms. The number of nitrogens with zero attached hydrogens (tertiary/aromatic N) is 1. The van der Waals surface area contributed by atoms with Crippen molar-refractivity contribution in [3.8, 4) is 0 Å². The van der Waals surface area contributed by atoms with Crippen LogP contribution in [0.1, 0.15) is 15.9 Å². The zero-order chi connectivity index (χ0) is 14.9. The molecule has 0 unspecified atom stereocenters. The van der Waals surface area contributed by atoms with Gasteiger partial charge in [-0.1, -0.05) is 34.8 Å². The predicted octanol–water partition coefficient (Wildman–Crippen LogP) is 4.18. The van der Waals surface area contributed by atoms with Crippen LogP contribution in [0.5, 0.6) is 0 Å². The second kappa shape index (κ2) is 5.87. The summed E-state index contributed by atoms with van der Waals surface area (Å²) >= 11 is 17.8. The van der Waals surface area contributed by atoms with Crippen molar-refractivity contribution in [1.82, 2.24) is 4.98 Å². The molecule has 0 saturated carbocycles. The van der Waals surface area contributed by atoms with E-state index in [0.717, 1.165) is 5.56 Å². The summed E-state index contributed by atoms with van der Waals surface area (Å²) in [6, 6.07) is 6.10. The van der Waals surface area contributed by atoms with Crippen LogP contribution in [0.3, 0.4) is 0 Å². The number of anilines is 2. The topological polar surface area (TPSA) is 68.0 Å². The smallest absolute Gasteiger partial charge is 0.255 e. The Balaban J connectivity index is 2.30. The number of pyridine rings is 1. The number of hydrogen-bond acceptors (Lipinski definition) is 3. The van der Waals surface area contributed by atoms with Crippen LogP contribution in [-0.4, -0.2) is 10.9 Å². The van der Waals surface area contributed by atoms with Gasteiger partial charge >= 0.3 is 0 Å². The van der Waals surface area contributed by atoms with Crippen LogP contribution >= 0.6 is 34.8 Å². The molecule has 0 bridgehead atoms. The first kappa shape index (κ1) is 14.9. The van der Waals surface area contributed by atoms with Crippen molar-refractivity contribution in [2.45, 2.75) is 6.92 Å². The minimum atomic E-state index is -0.400. The zero-order valence-electron chi connectivity index (χ0n) is 10.4. The van der Waals surface area contributed by atoms with Crippen molar-refractivity contribution < 1.29 is 4.79 Å². The molecule has 3 N–H and O–H groups in total. The number of rotatable bonds is 2. The number of carbonyl (C=O) groups is 1. The van der Waals surface area contributed by atoms with Gasteiger partial charge in [0.1, 0.15) is 11.0 Å². The van der Waals surface area contributed by atoms with Gasteiger partial charge < -0.3 is 11.1 Å². The van der Waals surface area contributed by atoms with E-state index in [4.69, 9.17) is 40.5 Å². The number of aryl methyl sites for hydroxylation is 1. The summed E-state index contributed by atoms with van der Waals surface area (Å²) < 4.78 is 0. The second-order valence-corrected chi connectivity index (χ2v) is 5.34. The molecule has 2 aromatic rings. The molecule has 1 aromatic carbocycles. The van der Waals surface area contributed by atoms with Crippen molar-refractivity contribution >= 4 is 52.2 Å². The van der Waals surface area contributed by atoms with Gasteiger partial charge in [-0.15, -0.1) is 0 Å². The lowest BCUT2D eigenvalue weighted by Crippen LogP contribution is -2.13. The lowest BCUT2D eigenvalue weighted by Gasteiger charge is -2.10. The SMILES string of the molecule is Cc1cc(Cl)c(NC(=O)c2cc(N)nc(Cl)c2)cc1Cl. The number of nitrogens with two attached hydrogens (primary N) is 1. The third-order valence-electron chi connectivity index (χ3n) is 2.57. The maximum Gasteiger partial charge on any atom is 0.255 e. The molecular formula is C13H10Cl3N3O. The van der Waals surface area contributed by atoms with Gasteiger partial charge in [0.15, 0.2) is 0 Å². The van der Waals surface area contributed by atoms with E-state index in [1.54, 1.807) is 12.1 Å². The van der Waals surface area contributed by atoms with Crippen molar-refractivity contribution in [3.63, 3.8) is 0 Å². The molecule has 104 valence electrons. The Morgan fingerprint density at radius 1 is 1.15 bits per heavy atom. The second-order valence-electron chi connectivity index (χ2n) is 4.14. The summed E-state index contributed by atoms with van der Waals surface area (Å²) in [5, 5.41) is 3.70. The van der Waals surface area contributed by atoms with Gasteiger partial charge in [0.2, 0.25) is 0 Å². The summed E-state index contributed by atoms with van der Waals surface area (Å²) in [6.45, 7) is 1.82. The summed E-state index contributed by atoms with van der Waals surface area (Å²) in [5.74, 6) is -0.237. The maximum absolute atomic E-state index is 12.1.